The molecule has 0 spiro atoms. The molecule has 116 valence electrons. The van der Waals surface area contributed by atoms with Gasteiger partial charge in [0, 0.05) is 19.6 Å². The van der Waals surface area contributed by atoms with E-state index >= 15 is 0 Å². The topological polar surface area (TPSA) is 38.5 Å². The van der Waals surface area contributed by atoms with Gasteiger partial charge < -0.3 is 10.5 Å². The van der Waals surface area contributed by atoms with Crippen molar-refractivity contribution in [3.05, 3.63) is 34.9 Å². The highest BCUT2D eigenvalue weighted by molar-refractivity contribution is 5.40. The zero-order chi connectivity index (χ0) is 14.9. The van der Waals surface area contributed by atoms with Crippen molar-refractivity contribution in [2.45, 2.75) is 44.6 Å². The first-order valence-corrected chi connectivity index (χ1v) is 8.33. The molecule has 1 aromatic carbocycles. The molecule has 1 heterocycles. The largest absolute Gasteiger partial charge is 0.379 e. The van der Waals surface area contributed by atoms with Gasteiger partial charge in [0.1, 0.15) is 0 Å². The van der Waals surface area contributed by atoms with E-state index in [-0.39, 0.29) is 5.54 Å². The summed E-state index contributed by atoms with van der Waals surface area (Å²) in [5, 5.41) is 0. The number of nitrogens with zero attached hydrogens (tertiary/aromatic N) is 1. The van der Waals surface area contributed by atoms with Gasteiger partial charge in [0.25, 0.3) is 0 Å². The average Bonchev–Trinajstić information content (AvgIpc) is 2.54. The summed E-state index contributed by atoms with van der Waals surface area (Å²) in [6, 6.07) is 7.08. The Bertz CT molecular complexity index is 494. The van der Waals surface area contributed by atoms with Crippen molar-refractivity contribution >= 4 is 0 Å². The third-order valence-corrected chi connectivity index (χ3v) is 5.29. The SMILES string of the molecule is CC(C)c1ccc2c(c1)CCCC2(CN)N1CCOCC1. The smallest absolute Gasteiger partial charge is 0.0594 e. The lowest BCUT2D eigenvalue weighted by Crippen LogP contribution is -2.56. The van der Waals surface area contributed by atoms with E-state index in [2.05, 4.69) is 36.9 Å². The molecule has 1 saturated heterocycles. The fourth-order valence-electron chi connectivity index (χ4n) is 4.00. The Hall–Kier alpha value is -0.900. The molecule has 21 heavy (non-hydrogen) atoms. The Labute approximate surface area is 128 Å². The van der Waals surface area contributed by atoms with Crippen molar-refractivity contribution in [3.8, 4) is 0 Å². The summed E-state index contributed by atoms with van der Waals surface area (Å²) in [6.07, 6.45) is 3.61. The van der Waals surface area contributed by atoms with Gasteiger partial charge in [0.05, 0.1) is 18.8 Å². The zero-order valence-electron chi connectivity index (χ0n) is 13.4. The summed E-state index contributed by atoms with van der Waals surface area (Å²) in [5.41, 5.74) is 10.8. The first-order valence-electron chi connectivity index (χ1n) is 8.33. The minimum absolute atomic E-state index is 0.0346. The van der Waals surface area contributed by atoms with E-state index in [0.717, 1.165) is 26.3 Å². The maximum Gasteiger partial charge on any atom is 0.0594 e. The molecule has 2 N–H and O–H groups in total. The van der Waals surface area contributed by atoms with E-state index in [9.17, 15) is 0 Å². The van der Waals surface area contributed by atoms with E-state index in [1.54, 1.807) is 0 Å². The molecule has 3 nitrogen and oxygen atoms in total. The van der Waals surface area contributed by atoms with Crippen molar-refractivity contribution in [1.29, 1.82) is 0 Å². The predicted molar refractivity (Wildman–Crippen MR) is 86.6 cm³/mol. The van der Waals surface area contributed by atoms with Crippen molar-refractivity contribution in [1.82, 2.24) is 4.90 Å². The number of rotatable bonds is 3. The van der Waals surface area contributed by atoms with Gasteiger partial charge in [-0.05, 0) is 41.9 Å². The van der Waals surface area contributed by atoms with Crippen molar-refractivity contribution in [2.75, 3.05) is 32.8 Å². The van der Waals surface area contributed by atoms with E-state index in [4.69, 9.17) is 10.5 Å². The molecule has 0 aromatic heterocycles. The zero-order valence-corrected chi connectivity index (χ0v) is 13.4. The Balaban J connectivity index is 2.00. The van der Waals surface area contributed by atoms with Crippen LogP contribution in [-0.2, 0) is 16.7 Å². The molecule has 0 amide bonds. The van der Waals surface area contributed by atoms with Gasteiger partial charge in [0.2, 0.25) is 0 Å². The van der Waals surface area contributed by atoms with Gasteiger partial charge in [-0.25, -0.2) is 0 Å². The number of morpholine rings is 1. The lowest BCUT2D eigenvalue weighted by molar-refractivity contribution is -0.0286. The molecule has 2 aliphatic rings. The van der Waals surface area contributed by atoms with Crippen LogP contribution in [0.4, 0.5) is 0 Å². The normalized spacial score (nSPS) is 26.9. The highest BCUT2D eigenvalue weighted by atomic mass is 16.5. The molecule has 1 aliphatic carbocycles. The summed E-state index contributed by atoms with van der Waals surface area (Å²) in [4.78, 5) is 2.57. The van der Waals surface area contributed by atoms with Crippen LogP contribution in [0.5, 0.6) is 0 Å². The number of aryl methyl sites for hydroxylation is 1. The molecule has 0 radical (unpaired) electrons. The second-order valence-electron chi connectivity index (χ2n) is 6.76. The molecule has 3 heteroatoms. The number of nitrogens with two attached hydrogens (primary N) is 1. The highest BCUT2D eigenvalue weighted by Gasteiger charge is 2.41. The van der Waals surface area contributed by atoms with Gasteiger partial charge in [-0.15, -0.1) is 0 Å². The van der Waals surface area contributed by atoms with Crippen LogP contribution < -0.4 is 5.73 Å². The number of ether oxygens (including phenoxy) is 1. The highest BCUT2D eigenvalue weighted by Crippen LogP contribution is 2.40. The van der Waals surface area contributed by atoms with E-state index < -0.39 is 0 Å². The maximum atomic E-state index is 6.30. The van der Waals surface area contributed by atoms with E-state index in [0.29, 0.717) is 12.5 Å². The summed E-state index contributed by atoms with van der Waals surface area (Å²) in [5.74, 6) is 0.591. The van der Waals surface area contributed by atoms with Crippen molar-refractivity contribution < 1.29 is 4.74 Å². The maximum absolute atomic E-state index is 6.30. The van der Waals surface area contributed by atoms with Crippen LogP contribution in [0.3, 0.4) is 0 Å². The number of benzene rings is 1. The van der Waals surface area contributed by atoms with E-state index in [1.165, 1.54) is 36.0 Å². The fourth-order valence-corrected chi connectivity index (χ4v) is 4.00. The molecule has 1 aromatic rings. The van der Waals surface area contributed by atoms with Gasteiger partial charge in [-0.3, -0.25) is 4.90 Å². The average molecular weight is 288 g/mol. The Morgan fingerprint density at radius 3 is 2.71 bits per heavy atom. The second-order valence-corrected chi connectivity index (χ2v) is 6.76. The summed E-state index contributed by atoms with van der Waals surface area (Å²) in [6.45, 7) is 8.92. The Morgan fingerprint density at radius 2 is 2.05 bits per heavy atom. The monoisotopic (exact) mass is 288 g/mol. The molecule has 1 unspecified atom stereocenters. The molecular formula is C18H28N2O. The van der Waals surface area contributed by atoms with Crippen molar-refractivity contribution in [2.24, 2.45) is 5.73 Å². The molecule has 1 fully saturated rings. The van der Waals surface area contributed by atoms with Crippen LogP contribution in [-0.4, -0.2) is 37.7 Å². The Morgan fingerprint density at radius 1 is 1.29 bits per heavy atom. The Kier molecular flexibility index (Phi) is 4.34. The summed E-state index contributed by atoms with van der Waals surface area (Å²) in [7, 11) is 0. The lowest BCUT2D eigenvalue weighted by atomic mass is 9.74. The standard InChI is InChI=1S/C18H28N2O/c1-14(2)15-5-6-17-16(12-15)4-3-7-18(17,13-19)20-8-10-21-11-9-20/h5-6,12,14H,3-4,7-11,13,19H2,1-2H3. The van der Waals surface area contributed by atoms with Crippen LogP contribution in [0.25, 0.3) is 0 Å². The van der Waals surface area contributed by atoms with Gasteiger partial charge in [0.15, 0.2) is 0 Å². The number of fused-ring (bicyclic) bond motifs is 1. The summed E-state index contributed by atoms with van der Waals surface area (Å²) >= 11 is 0. The predicted octanol–water partition coefficient (Wildman–Crippen LogP) is 2.63. The summed E-state index contributed by atoms with van der Waals surface area (Å²) < 4.78 is 5.54. The minimum atomic E-state index is 0.0346. The van der Waals surface area contributed by atoms with Crippen molar-refractivity contribution in [3.63, 3.8) is 0 Å². The van der Waals surface area contributed by atoms with Crippen LogP contribution in [0, 0.1) is 0 Å². The third-order valence-electron chi connectivity index (χ3n) is 5.29. The van der Waals surface area contributed by atoms with Crippen LogP contribution in [0.1, 0.15) is 49.3 Å². The molecule has 3 rings (SSSR count). The van der Waals surface area contributed by atoms with Crippen LogP contribution >= 0.6 is 0 Å². The van der Waals surface area contributed by atoms with Crippen LogP contribution in [0.15, 0.2) is 18.2 Å². The lowest BCUT2D eigenvalue weighted by Gasteiger charge is -2.48. The number of hydrogen-bond acceptors (Lipinski definition) is 3. The van der Waals surface area contributed by atoms with E-state index in [1.807, 2.05) is 0 Å². The van der Waals surface area contributed by atoms with Crippen LogP contribution in [0.2, 0.25) is 0 Å². The fraction of sp³-hybridized carbons (Fsp3) is 0.667. The van der Waals surface area contributed by atoms with Gasteiger partial charge in [-0.1, -0.05) is 32.0 Å². The molecule has 1 atom stereocenters. The second kappa shape index (κ2) is 6.07. The third kappa shape index (κ3) is 2.63. The molecular weight excluding hydrogens is 260 g/mol. The molecule has 1 aliphatic heterocycles. The first kappa shape index (κ1) is 15.0. The molecule has 0 saturated carbocycles. The van der Waals surface area contributed by atoms with Gasteiger partial charge in [-0.2, -0.15) is 0 Å². The minimum Gasteiger partial charge on any atom is -0.379 e. The first-order chi connectivity index (χ1) is 10.2. The number of hydrogen-bond donors (Lipinski definition) is 1. The molecule has 0 bridgehead atoms. The quantitative estimate of drug-likeness (QED) is 0.929. The van der Waals surface area contributed by atoms with Gasteiger partial charge >= 0.3 is 0 Å².